The van der Waals surface area contributed by atoms with E-state index in [1.165, 1.54) is 24.3 Å². The first-order valence-electron chi connectivity index (χ1n) is 8.09. The normalized spacial score (nSPS) is 10.8. The first-order valence-corrected chi connectivity index (χ1v) is 8.09. The molecule has 0 amide bonds. The quantitative estimate of drug-likeness (QED) is 0.538. The van der Waals surface area contributed by atoms with Crippen molar-refractivity contribution < 1.29 is 9.18 Å². The second-order valence-electron chi connectivity index (χ2n) is 5.97. The van der Waals surface area contributed by atoms with Crippen LogP contribution in [0.25, 0.3) is 10.8 Å². The second-order valence-corrected chi connectivity index (χ2v) is 5.97. The smallest absolute Gasteiger partial charge is 0.211 e. The molecule has 6 heteroatoms. The van der Waals surface area contributed by atoms with Crippen LogP contribution in [-0.2, 0) is 0 Å². The fourth-order valence-electron chi connectivity index (χ4n) is 2.76. The van der Waals surface area contributed by atoms with Gasteiger partial charge in [0.1, 0.15) is 17.3 Å². The highest BCUT2D eigenvalue weighted by Gasteiger charge is 2.15. The van der Waals surface area contributed by atoms with Crippen molar-refractivity contribution in [1.82, 2.24) is 15.2 Å². The van der Waals surface area contributed by atoms with Crippen LogP contribution in [0.15, 0.2) is 60.7 Å². The Morgan fingerprint density at radius 1 is 1.08 bits per heavy atom. The van der Waals surface area contributed by atoms with Gasteiger partial charge in [0, 0.05) is 22.7 Å². The molecule has 4 rings (SSSR count). The molecular formula is C20H15FN4O. The van der Waals surface area contributed by atoms with Crippen LogP contribution in [0.2, 0.25) is 0 Å². The summed E-state index contributed by atoms with van der Waals surface area (Å²) in [5.41, 5.74) is 1.58. The number of carbonyl (C=O) groups excluding carboxylic acids is 1. The third-order valence-electron chi connectivity index (χ3n) is 4.03. The third-order valence-corrected chi connectivity index (χ3v) is 4.03. The van der Waals surface area contributed by atoms with E-state index in [0.717, 1.165) is 16.5 Å². The van der Waals surface area contributed by atoms with Gasteiger partial charge in [-0.2, -0.15) is 5.10 Å². The molecule has 0 fully saturated rings. The molecule has 2 aromatic heterocycles. The minimum absolute atomic E-state index is 0.267. The van der Waals surface area contributed by atoms with Crippen LogP contribution in [0.5, 0.6) is 0 Å². The lowest BCUT2D eigenvalue weighted by atomic mass is 10.0. The van der Waals surface area contributed by atoms with Gasteiger partial charge in [0.05, 0.1) is 0 Å². The number of hydrogen-bond acceptors (Lipinski definition) is 4. The Bertz CT molecular complexity index is 1100. The Balaban J connectivity index is 1.80. The van der Waals surface area contributed by atoms with Crippen LogP contribution in [0, 0.1) is 12.7 Å². The van der Waals surface area contributed by atoms with Crippen molar-refractivity contribution in [1.29, 1.82) is 0 Å². The molecule has 0 bridgehead atoms. The Morgan fingerprint density at radius 3 is 2.58 bits per heavy atom. The van der Waals surface area contributed by atoms with Gasteiger partial charge < -0.3 is 5.32 Å². The van der Waals surface area contributed by atoms with Crippen molar-refractivity contribution in [3.63, 3.8) is 0 Å². The Kier molecular flexibility index (Phi) is 3.93. The molecule has 5 nitrogen and oxygen atoms in total. The fraction of sp³-hybridized carbons (Fsp3) is 0.0500. The summed E-state index contributed by atoms with van der Waals surface area (Å²) in [4.78, 5) is 17.3. The molecule has 0 radical (unpaired) electrons. The van der Waals surface area contributed by atoms with E-state index >= 15 is 0 Å². The summed E-state index contributed by atoms with van der Waals surface area (Å²) in [5, 5.41) is 11.9. The lowest BCUT2D eigenvalue weighted by molar-refractivity contribution is 0.103. The Morgan fingerprint density at radius 2 is 1.85 bits per heavy atom. The van der Waals surface area contributed by atoms with Crippen LogP contribution >= 0.6 is 0 Å². The number of pyridine rings is 1. The van der Waals surface area contributed by atoms with Crippen molar-refractivity contribution in [2.45, 2.75) is 6.92 Å². The molecule has 4 aromatic rings. The van der Waals surface area contributed by atoms with Crippen molar-refractivity contribution in [3.8, 4) is 0 Å². The van der Waals surface area contributed by atoms with Gasteiger partial charge in [-0.3, -0.25) is 9.89 Å². The van der Waals surface area contributed by atoms with Crippen molar-refractivity contribution in [2.24, 2.45) is 0 Å². The molecule has 0 aliphatic heterocycles. The van der Waals surface area contributed by atoms with Gasteiger partial charge in [-0.1, -0.05) is 24.3 Å². The van der Waals surface area contributed by atoms with Gasteiger partial charge in [0.25, 0.3) is 0 Å². The second kappa shape index (κ2) is 6.40. The van der Waals surface area contributed by atoms with Gasteiger partial charge in [-0.05, 0) is 42.6 Å². The maximum Gasteiger partial charge on any atom is 0.211 e. The van der Waals surface area contributed by atoms with Gasteiger partial charge in [-0.15, -0.1) is 0 Å². The van der Waals surface area contributed by atoms with E-state index in [4.69, 9.17) is 0 Å². The number of nitrogens with zero attached hydrogens (tertiary/aromatic N) is 2. The number of carbonyl (C=O) groups is 1. The summed E-state index contributed by atoms with van der Waals surface area (Å²) in [6.45, 7) is 1.90. The number of halogens is 1. The minimum atomic E-state index is -0.385. The number of ketones is 1. The number of aromatic amines is 1. The number of rotatable bonds is 4. The Labute approximate surface area is 148 Å². The van der Waals surface area contributed by atoms with Crippen LogP contribution in [0.3, 0.4) is 0 Å². The zero-order chi connectivity index (χ0) is 18.1. The average molecular weight is 346 g/mol. The van der Waals surface area contributed by atoms with E-state index in [9.17, 15) is 9.18 Å². The molecule has 2 N–H and O–H groups in total. The number of anilines is 2. The first-order chi connectivity index (χ1) is 12.6. The molecular weight excluding hydrogens is 331 g/mol. The SMILES string of the molecule is Cc1cc(Nc2nc(C(=O)c3ccc(F)cc3)cc3ccccc23)n[nH]1. The molecule has 0 saturated carbocycles. The van der Waals surface area contributed by atoms with E-state index in [-0.39, 0.29) is 17.3 Å². The summed E-state index contributed by atoms with van der Waals surface area (Å²) < 4.78 is 13.1. The summed E-state index contributed by atoms with van der Waals surface area (Å²) >= 11 is 0. The summed E-state index contributed by atoms with van der Waals surface area (Å²) in [5.74, 6) is 0.507. The number of benzene rings is 2. The van der Waals surface area contributed by atoms with Crippen LogP contribution in [-0.4, -0.2) is 21.0 Å². The van der Waals surface area contributed by atoms with Gasteiger partial charge in [-0.25, -0.2) is 9.37 Å². The molecule has 0 aliphatic carbocycles. The molecule has 0 saturated heterocycles. The summed E-state index contributed by atoms with van der Waals surface area (Å²) in [6.07, 6.45) is 0. The van der Waals surface area contributed by atoms with E-state index in [0.29, 0.717) is 17.2 Å². The van der Waals surface area contributed by atoms with Gasteiger partial charge >= 0.3 is 0 Å². The number of fused-ring (bicyclic) bond motifs is 1. The third kappa shape index (κ3) is 3.04. The maximum atomic E-state index is 13.1. The lowest BCUT2D eigenvalue weighted by Crippen LogP contribution is -2.07. The van der Waals surface area contributed by atoms with E-state index < -0.39 is 0 Å². The molecule has 0 atom stereocenters. The molecule has 2 aromatic carbocycles. The minimum Gasteiger partial charge on any atom is -0.323 e. The predicted octanol–water partition coefficient (Wildman–Crippen LogP) is 4.38. The molecule has 0 spiro atoms. The summed E-state index contributed by atoms with van der Waals surface area (Å²) in [7, 11) is 0. The zero-order valence-electron chi connectivity index (χ0n) is 14.0. The van der Waals surface area contributed by atoms with Gasteiger partial charge in [0.2, 0.25) is 5.78 Å². The van der Waals surface area contributed by atoms with Gasteiger partial charge in [0.15, 0.2) is 5.82 Å². The van der Waals surface area contributed by atoms with Crippen LogP contribution in [0.4, 0.5) is 16.0 Å². The highest BCUT2D eigenvalue weighted by Crippen LogP contribution is 2.26. The largest absolute Gasteiger partial charge is 0.323 e. The van der Waals surface area contributed by atoms with Crippen molar-refractivity contribution in [3.05, 3.63) is 83.4 Å². The Hall–Kier alpha value is -3.54. The average Bonchev–Trinajstić information content (AvgIpc) is 3.06. The topological polar surface area (TPSA) is 70.7 Å². The number of hydrogen-bond donors (Lipinski definition) is 2. The van der Waals surface area contributed by atoms with E-state index in [1.807, 2.05) is 37.3 Å². The standard InChI is InChI=1S/C20H15FN4O/c1-12-10-18(25-24-12)23-20-16-5-3-2-4-14(16)11-17(22-20)19(26)13-6-8-15(21)9-7-13/h2-11H,1H3,(H2,22,23,24,25). The maximum absolute atomic E-state index is 13.1. The van der Waals surface area contributed by atoms with E-state index in [2.05, 4.69) is 20.5 Å². The molecule has 128 valence electrons. The molecule has 2 heterocycles. The van der Waals surface area contributed by atoms with Crippen LogP contribution < -0.4 is 5.32 Å². The number of nitrogens with one attached hydrogen (secondary N) is 2. The van der Waals surface area contributed by atoms with Crippen LogP contribution in [0.1, 0.15) is 21.7 Å². The van der Waals surface area contributed by atoms with E-state index in [1.54, 1.807) is 6.07 Å². The number of aryl methyl sites for hydroxylation is 1. The lowest BCUT2D eigenvalue weighted by Gasteiger charge is -2.10. The van der Waals surface area contributed by atoms with Crippen molar-refractivity contribution in [2.75, 3.05) is 5.32 Å². The van der Waals surface area contributed by atoms with Crippen molar-refractivity contribution >= 4 is 28.2 Å². The summed E-state index contributed by atoms with van der Waals surface area (Å²) in [6, 6.07) is 16.7. The number of H-pyrrole nitrogens is 1. The highest BCUT2D eigenvalue weighted by atomic mass is 19.1. The zero-order valence-corrected chi connectivity index (χ0v) is 14.0. The monoisotopic (exact) mass is 346 g/mol. The predicted molar refractivity (Wildman–Crippen MR) is 98.2 cm³/mol. The number of aromatic nitrogens is 3. The fourth-order valence-corrected chi connectivity index (χ4v) is 2.76. The highest BCUT2D eigenvalue weighted by molar-refractivity contribution is 6.10. The molecule has 0 aliphatic rings. The molecule has 26 heavy (non-hydrogen) atoms. The first kappa shape index (κ1) is 16.0. The molecule has 0 unspecified atom stereocenters.